The summed E-state index contributed by atoms with van der Waals surface area (Å²) in [6.07, 6.45) is -0.826. The summed E-state index contributed by atoms with van der Waals surface area (Å²) in [6, 6.07) is 12.4. The van der Waals surface area contributed by atoms with Crippen molar-refractivity contribution in [1.29, 1.82) is 0 Å². The molecule has 0 saturated heterocycles. The minimum absolute atomic E-state index is 0.0162. The predicted molar refractivity (Wildman–Crippen MR) is 133 cm³/mol. The molecule has 0 aliphatic carbocycles. The number of hydrogen-bond donors (Lipinski definition) is 2. The Labute approximate surface area is 222 Å². The van der Waals surface area contributed by atoms with Crippen LogP contribution in [-0.2, 0) is 23.1 Å². The highest BCUT2D eigenvalue weighted by atomic mass is 32.2. The van der Waals surface area contributed by atoms with Crippen LogP contribution < -0.4 is 14.2 Å². The largest absolute Gasteiger partial charge is 0.516 e. The summed E-state index contributed by atoms with van der Waals surface area (Å²) in [5.74, 6) is -1.63. The van der Waals surface area contributed by atoms with E-state index < -0.39 is 39.2 Å². The molecule has 14 heteroatoms. The van der Waals surface area contributed by atoms with Crippen molar-refractivity contribution in [2.24, 2.45) is 5.92 Å². The van der Waals surface area contributed by atoms with E-state index in [2.05, 4.69) is 4.98 Å². The first kappa shape index (κ1) is 27.1. The van der Waals surface area contributed by atoms with Crippen LogP contribution in [0.25, 0.3) is 10.2 Å². The molecule has 2 heterocycles. The Morgan fingerprint density at radius 1 is 1.10 bits per heavy atom. The van der Waals surface area contributed by atoms with Crippen LogP contribution in [0, 0.1) is 17.6 Å². The lowest BCUT2D eigenvalue weighted by molar-refractivity contribution is -0.0429. The topological polar surface area (TPSA) is 97.8 Å². The quantitative estimate of drug-likeness (QED) is 0.270. The molecule has 2 atom stereocenters. The van der Waals surface area contributed by atoms with Gasteiger partial charge in [0.05, 0.1) is 22.9 Å². The molecule has 4 aromatic rings. The summed E-state index contributed by atoms with van der Waals surface area (Å²) in [5.41, 5.74) is -4.48. The Balaban J connectivity index is 1.27. The fourth-order valence-corrected chi connectivity index (χ4v) is 5.59. The molecule has 0 unspecified atom stereocenters. The molecule has 206 valence electrons. The average Bonchev–Trinajstić information content (AvgIpc) is 3.25. The van der Waals surface area contributed by atoms with Crippen molar-refractivity contribution in [3.8, 4) is 11.5 Å². The van der Waals surface area contributed by atoms with E-state index in [1.165, 1.54) is 22.9 Å². The van der Waals surface area contributed by atoms with Gasteiger partial charge in [0.2, 0.25) is 0 Å². The van der Waals surface area contributed by atoms with E-state index in [-0.39, 0.29) is 25.3 Å². The molecular weight excluding hydrogens is 567 g/mol. The minimum Gasteiger partial charge on any atom is -0.493 e. The summed E-state index contributed by atoms with van der Waals surface area (Å²) in [7, 11) is -5.57. The van der Waals surface area contributed by atoms with Gasteiger partial charge in [0, 0.05) is 23.2 Å². The number of sulfonamides is 1. The number of benzene rings is 3. The Kier molecular flexibility index (Phi) is 7.11. The number of aliphatic hydroxyl groups excluding tert-OH is 1. The molecule has 1 aromatic heterocycles. The minimum atomic E-state index is -5.57. The molecule has 39 heavy (non-hydrogen) atoms. The monoisotopic (exact) mass is 586 g/mol. The van der Waals surface area contributed by atoms with Gasteiger partial charge < -0.3 is 14.6 Å². The van der Waals surface area contributed by atoms with E-state index in [1.54, 1.807) is 24.3 Å². The normalized spacial score (nSPS) is 17.5. The molecule has 1 aliphatic rings. The number of aromatic nitrogens is 1. The molecule has 1 aliphatic heterocycles. The molecule has 0 bridgehead atoms. The zero-order chi connectivity index (χ0) is 27.9. The number of hydrogen-bond acceptors (Lipinski definition) is 7. The predicted octanol–water partition coefficient (Wildman–Crippen LogP) is 5.70. The second-order valence-corrected chi connectivity index (χ2v) is 11.6. The third kappa shape index (κ3) is 5.77. The Morgan fingerprint density at radius 2 is 1.87 bits per heavy atom. The number of ether oxygens (including phenoxy) is 2. The maximum absolute atomic E-state index is 13.5. The van der Waals surface area contributed by atoms with E-state index in [0.717, 1.165) is 23.5 Å². The van der Waals surface area contributed by atoms with Gasteiger partial charge in [-0.05, 0) is 48.4 Å². The average molecular weight is 587 g/mol. The van der Waals surface area contributed by atoms with E-state index in [9.17, 15) is 35.5 Å². The first-order valence-electron chi connectivity index (χ1n) is 11.4. The van der Waals surface area contributed by atoms with Gasteiger partial charge in [0.25, 0.3) is 0 Å². The lowest BCUT2D eigenvalue weighted by Gasteiger charge is -2.30. The van der Waals surface area contributed by atoms with E-state index in [1.807, 2.05) is 0 Å². The lowest BCUT2D eigenvalue weighted by Crippen LogP contribution is -2.30. The Hall–Kier alpha value is -3.49. The van der Waals surface area contributed by atoms with Gasteiger partial charge in [-0.1, -0.05) is 12.1 Å². The van der Waals surface area contributed by atoms with Gasteiger partial charge in [-0.2, -0.15) is 21.6 Å². The molecule has 0 spiro atoms. The van der Waals surface area contributed by atoms with Gasteiger partial charge >= 0.3 is 15.5 Å². The van der Waals surface area contributed by atoms with Crippen LogP contribution in [-0.4, -0.2) is 30.6 Å². The lowest BCUT2D eigenvalue weighted by atomic mass is 9.88. The third-order valence-electron chi connectivity index (χ3n) is 6.02. The van der Waals surface area contributed by atoms with E-state index >= 15 is 0 Å². The van der Waals surface area contributed by atoms with Crippen molar-refractivity contribution in [2.45, 2.75) is 24.6 Å². The molecule has 0 amide bonds. The number of alkyl halides is 3. The summed E-state index contributed by atoms with van der Waals surface area (Å²) in [5, 5.41) is 11.5. The fraction of sp³-hybridized carbons (Fsp3) is 0.240. The SMILES string of the molecule is O=S(=O)(Nc1cccc(C[C@@H]2COc3ccc(OCc4nc5cc(F)c(F)cc5s4)cc3[C@@H]2O)c1)C(F)(F)F. The highest BCUT2D eigenvalue weighted by Crippen LogP contribution is 2.39. The van der Waals surface area contributed by atoms with Gasteiger partial charge in [0.15, 0.2) is 11.6 Å². The number of nitrogens with one attached hydrogen (secondary N) is 1. The summed E-state index contributed by atoms with van der Waals surface area (Å²) < 4.78 is 101. The number of aliphatic hydroxyl groups is 1. The smallest absolute Gasteiger partial charge is 0.493 e. The molecule has 2 N–H and O–H groups in total. The van der Waals surface area contributed by atoms with Crippen molar-refractivity contribution in [3.63, 3.8) is 0 Å². The second-order valence-electron chi connectivity index (χ2n) is 8.80. The maximum Gasteiger partial charge on any atom is 0.516 e. The number of rotatable bonds is 7. The Bertz CT molecular complexity index is 1600. The zero-order valence-electron chi connectivity index (χ0n) is 19.7. The highest BCUT2D eigenvalue weighted by molar-refractivity contribution is 7.93. The van der Waals surface area contributed by atoms with E-state index in [4.69, 9.17) is 9.47 Å². The van der Waals surface area contributed by atoms with Crippen LogP contribution in [0.3, 0.4) is 0 Å². The van der Waals surface area contributed by atoms with E-state index in [0.29, 0.717) is 37.9 Å². The molecule has 7 nitrogen and oxygen atoms in total. The number of halogens is 5. The van der Waals surface area contributed by atoms with Crippen LogP contribution in [0.2, 0.25) is 0 Å². The van der Waals surface area contributed by atoms with Crippen molar-refractivity contribution >= 4 is 37.3 Å². The van der Waals surface area contributed by atoms with Crippen molar-refractivity contribution < 1.29 is 45.0 Å². The van der Waals surface area contributed by atoms with Crippen molar-refractivity contribution in [3.05, 3.63) is 82.4 Å². The molecule has 3 aromatic carbocycles. The molecule has 0 fully saturated rings. The molecule has 5 rings (SSSR count). The first-order valence-corrected chi connectivity index (χ1v) is 13.7. The van der Waals surface area contributed by atoms with Crippen molar-refractivity contribution in [2.75, 3.05) is 11.3 Å². The van der Waals surface area contributed by atoms with Crippen LogP contribution >= 0.6 is 11.3 Å². The second kappa shape index (κ2) is 10.2. The highest BCUT2D eigenvalue weighted by Gasteiger charge is 2.46. The zero-order valence-corrected chi connectivity index (χ0v) is 21.3. The summed E-state index contributed by atoms with van der Waals surface area (Å²) >= 11 is 1.15. The van der Waals surface area contributed by atoms with Gasteiger partial charge in [0.1, 0.15) is 23.1 Å². The molecule has 0 radical (unpaired) electrons. The standard InChI is InChI=1S/C25H19F5N2O5S2/c26-18-9-20-22(10-19(18)27)38-23(31-20)12-36-16-4-5-21-17(8-16)24(33)14(11-37-21)6-13-2-1-3-15(7-13)32-39(34,35)25(28,29)30/h1-5,7-10,14,24,32-33H,6,11-12H2/t14-,24-/m1/s1. The van der Waals surface area contributed by atoms with Crippen LogP contribution in [0.4, 0.5) is 27.6 Å². The van der Waals surface area contributed by atoms with Gasteiger partial charge in [-0.3, -0.25) is 4.72 Å². The summed E-state index contributed by atoms with van der Waals surface area (Å²) in [6.45, 7) is 0.133. The maximum atomic E-state index is 13.5. The number of fused-ring (bicyclic) bond motifs is 2. The summed E-state index contributed by atoms with van der Waals surface area (Å²) in [4.78, 5) is 4.24. The fourth-order valence-electron chi connectivity index (χ4n) is 4.15. The molecule has 0 saturated carbocycles. The molecular formula is C25H19F5N2O5S2. The van der Waals surface area contributed by atoms with Gasteiger partial charge in [-0.25, -0.2) is 13.8 Å². The van der Waals surface area contributed by atoms with Crippen LogP contribution in [0.15, 0.2) is 54.6 Å². The number of anilines is 1. The van der Waals surface area contributed by atoms with Gasteiger partial charge in [-0.15, -0.1) is 11.3 Å². The third-order valence-corrected chi connectivity index (χ3v) is 8.12. The number of nitrogens with zero attached hydrogens (tertiary/aromatic N) is 1. The van der Waals surface area contributed by atoms with Crippen LogP contribution in [0.1, 0.15) is 22.2 Å². The van der Waals surface area contributed by atoms with Crippen LogP contribution in [0.5, 0.6) is 11.5 Å². The number of thiazole rings is 1. The van der Waals surface area contributed by atoms with Crippen molar-refractivity contribution in [1.82, 2.24) is 4.98 Å². The first-order chi connectivity index (χ1) is 18.4. The Morgan fingerprint density at radius 3 is 2.64 bits per heavy atom.